The zero-order chi connectivity index (χ0) is 21.3. The Labute approximate surface area is 173 Å². The van der Waals surface area contributed by atoms with Crippen molar-refractivity contribution in [3.05, 3.63) is 66.7 Å². The molecule has 8 nitrogen and oxygen atoms in total. The van der Waals surface area contributed by atoms with Crippen LogP contribution in [-0.4, -0.2) is 39.5 Å². The van der Waals surface area contributed by atoms with Crippen LogP contribution in [0.15, 0.2) is 66.0 Å². The molecule has 0 aliphatic carbocycles. The van der Waals surface area contributed by atoms with Gasteiger partial charge in [0, 0.05) is 18.0 Å². The third kappa shape index (κ3) is 3.67. The zero-order valence-corrected chi connectivity index (χ0v) is 17.1. The maximum Gasteiger partial charge on any atom is 0.274 e. The topological polar surface area (TPSA) is 118 Å². The summed E-state index contributed by atoms with van der Waals surface area (Å²) in [4.78, 5) is 28.6. The summed E-state index contributed by atoms with van der Waals surface area (Å²) in [6, 6.07) is 11.6. The molecule has 1 amide bonds. The smallest absolute Gasteiger partial charge is 0.274 e. The number of H-pyrrole nitrogens is 1. The largest absolute Gasteiger partial charge is 0.343 e. The summed E-state index contributed by atoms with van der Waals surface area (Å²) in [5.41, 5.74) is 3.07. The lowest BCUT2D eigenvalue weighted by Gasteiger charge is -2.08. The number of nitrogens with one attached hydrogen (secondary N) is 2. The third-order valence-corrected chi connectivity index (χ3v) is 6.80. The molecule has 0 spiro atoms. The Bertz CT molecular complexity index is 1310. The second-order valence-corrected chi connectivity index (χ2v) is 9.45. The molecule has 0 unspecified atom stereocenters. The van der Waals surface area contributed by atoms with E-state index in [9.17, 15) is 13.2 Å². The van der Waals surface area contributed by atoms with Crippen molar-refractivity contribution in [1.29, 1.82) is 0 Å². The molecule has 3 aromatic heterocycles. The van der Waals surface area contributed by atoms with Gasteiger partial charge in [-0.25, -0.2) is 18.4 Å². The van der Waals surface area contributed by atoms with Gasteiger partial charge in [0.05, 0.1) is 27.7 Å². The van der Waals surface area contributed by atoms with Gasteiger partial charge in [-0.1, -0.05) is 18.2 Å². The van der Waals surface area contributed by atoms with E-state index in [-0.39, 0.29) is 16.5 Å². The maximum atomic E-state index is 12.4. The maximum absolute atomic E-state index is 12.4. The highest BCUT2D eigenvalue weighted by Crippen LogP contribution is 2.26. The van der Waals surface area contributed by atoms with Gasteiger partial charge in [0.15, 0.2) is 15.5 Å². The van der Waals surface area contributed by atoms with Crippen LogP contribution in [0.1, 0.15) is 24.3 Å². The van der Waals surface area contributed by atoms with Gasteiger partial charge >= 0.3 is 0 Å². The van der Waals surface area contributed by atoms with Crippen LogP contribution in [0.25, 0.3) is 22.4 Å². The van der Waals surface area contributed by atoms with Gasteiger partial charge in [0.1, 0.15) is 11.2 Å². The average Bonchev–Trinajstić information content (AvgIpc) is 3.16. The van der Waals surface area contributed by atoms with Gasteiger partial charge in [0.25, 0.3) is 5.91 Å². The van der Waals surface area contributed by atoms with Crippen LogP contribution in [0.5, 0.6) is 0 Å². The van der Waals surface area contributed by atoms with E-state index in [2.05, 4.69) is 25.3 Å². The number of sulfone groups is 1. The molecule has 0 bridgehead atoms. The number of rotatable bonds is 5. The Morgan fingerprint density at radius 2 is 1.83 bits per heavy atom. The van der Waals surface area contributed by atoms with Crippen molar-refractivity contribution in [1.82, 2.24) is 19.9 Å². The van der Waals surface area contributed by atoms with Gasteiger partial charge in [-0.2, -0.15) is 0 Å². The Hall–Kier alpha value is -3.59. The monoisotopic (exact) mass is 421 g/mol. The van der Waals surface area contributed by atoms with E-state index in [1.807, 2.05) is 0 Å². The van der Waals surface area contributed by atoms with E-state index in [1.165, 1.54) is 0 Å². The number of hydrogen-bond acceptors (Lipinski definition) is 6. The molecule has 0 saturated carbocycles. The summed E-state index contributed by atoms with van der Waals surface area (Å²) in [5.74, 6) is -0.355. The summed E-state index contributed by atoms with van der Waals surface area (Å²) in [5, 5.41) is 2.29. The normalized spacial score (nSPS) is 11.7. The summed E-state index contributed by atoms with van der Waals surface area (Å²) in [7, 11) is -3.34. The molecule has 152 valence electrons. The molecule has 9 heteroatoms. The second-order valence-electron chi connectivity index (χ2n) is 6.94. The Kier molecular flexibility index (Phi) is 5.04. The molecule has 0 saturated heterocycles. The first kappa shape index (κ1) is 19.7. The number of aromatic amines is 1. The van der Waals surface area contributed by atoms with E-state index in [4.69, 9.17) is 0 Å². The number of benzene rings is 1. The van der Waals surface area contributed by atoms with Crippen LogP contribution in [0.2, 0.25) is 0 Å². The zero-order valence-electron chi connectivity index (χ0n) is 16.3. The number of carbonyl (C=O) groups excluding carboxylic acids is 1. The summed E-state index contributed by atoms with van der Waals surface area (Å²) in [6.07, 6.45) is 4.76. The van der Waals surface area contributed by atoms with Crippen molar-refractivity contribution in [3.8, 4) is 11.3 Å². The Morgan fingerprint density at radius 3 is 2.50 bits per heavy atom. The van der Waals surface area contributed by atoms with E-state index >= 15 is 0 Å². The Balaban J connectivity index is 1.65. The number of aromatic nitrogens is 4. The highest BCUT2D eigenvalue weighted by molar-refractivity contribution is 7.92. The number of nitrogens with zero attached hydrogens (tertiary/aromatic N) is 3. The molecule has 0 fully saturated rings. The van der Waals surface area contributed by atoms with E-state index in [0.29, 0.717) is 22.5 Å². The van der Waals surface area contributed by atoms with Crippen LogP contribution >= 0.6 is 0 Å². The predicted octanol–water partition coefficient (Wildman–Crippen LogP) is 3.45. The second kappa shape index (κ2) is 7.68. The molecular weight excluding hydrogens is 402 g/mol. The minimum atomic E-state index is -3.34. The van der Waals surface area contributed by atoms with E-state index in [0.717, 1.165) is 5.56 Å². The van der Waals surface area contributed by atoms with Crippen LogP contribution in [0.3, 0.4) is 0 Å². The van der Waals surface area contributed by atoms with Crippen molar-refractivity contribution in [2.24, 2.45) is 0 Å². The van der Waals surface area contributed by atoms with Crippen molar-refractivity contribution in [3.63, 3.8) is 0 Å². The predicted molar refractivity (Wildman–Crippen MR) is 114 cm³/mol. The van der Waals surface area contributed by atoms with Crippen LogP contribution < -0.4 is 5.32 Å². The lowest BCUT2D eigenvalue weighted by molar-refractivity contribution is 0.102. The van der Waals surface area contributed by atoms with Crippen molar-refractivity contribution in [2.75, 3.05) is 5.32 Å². The molecule has 2 N–H and O–H groups in total. The van der Waals surface area contributed by atoms with Crippen LogP contribution in [0, 0.1) is 0 Å². The number of amides is 1. The van der Waals surface area contributed by atoms with Crippen LogP contribution in [0.4, 0.5) is 5.69 Å². The number of anilines is 1. The van der Waals surface area contributed by atoms with Gasteiger partial charge in [-0.15, -0.1) is 0 Å². The van der Waals surface area contributed by atoms with Crippen molar-refractivity contribution in [2.45, 2.75) is 24.0 Å². The fraction of sp³-hybridized carbons (Fsp3) is 0.143. The molecule has 30 heavy (non-hydrogen) atoms. The number of carbonyl (C=O) groups is 1. The van der Waals surface area contributed by atoms with E-state index < -0.39 is 15.1 Å². The lowest BCUT2D eigenvalue weighted by atomic mass is 10.1. The summed E-state index contributed by atoms with van der Waals surface area (Å²) < 4.78 is 24.6. The molecule has 1 aromatic carbocycles. The fourth-order valence-corrected chi connectivity index (χ4v) is 3.96. The van der Waals surface area contributed by atoms with E-state index in [1.54, 1.807) is 74.9 Å². The molecule has 0 aliphatic rings. The first-order valence-corrected chi connectivity index (χ1v) is 10.8. The number of pyridine rings is 1. The summed E-state index contributed by atoms with van der Waals surface area (Å²) in [6.45, 7) is 3.30. The molecule has 0 aliphatic heterocycles. The Morgan fingerprint density at radius 1 is 1.07 bits per heavy atom. The molecule has 4 rings (SSSR count). The van der Waals surface area contributed by atoms with Gasteiger partial charge in [-0.3, -0.25) is 9.78 Å². The first-order valence-electron chi connectivity index (χ1n) is 9.27. The lowest BCUT2D eigenvalue weighted by Crippen LogP contribution is -2.13. The van der Waals surface area contributed by atoms with Gasteiger partial charge < -0.3 is 10.3 Å². The van der Waals surface area contributed by atoms with Crippen molar-refractivity contribution >= 4 is 32.6 Å². The molecule has 0 atom stereocenters. The fourth-order valence-electron chi connectivity index (χ4n) is 2.90. The van der Waals surface area contributed by atoms with Gasteiger partial charge in [-0.05, 0) is 38.1 Å². The third-order valence-electron chi connectivity index (χ3n) is 4.63. The van der Waals surface area contributed by atoms with Gasteiger partial charge in [0.2, 0.25) is 0 Å². The minimum Gasteiger partial charge on any atom is -0.343 e. The molecular formula is C21H19N5O3S. The minimum absolute atomic E-state index is 0.264. The van der Waals surface area contributed by atoms with Crippen molar-refractivity contribution < 1.29 is 13.2 Å². The summed E-state index contributed by atoms with van der Waals surface area (Å²) >= 11 is 0. The molecule has 3 heterocycles. The molecule has 0 radical (unpaired) electrons. The first-order chi connectivity index (χ1) is 14.4. The number of hydrogen-bond donors (Lipinski definition) is 2. The SMILES string of the molecule is CC(C)S(=O)(=O)c1ccc(-c2cnc3[nH]cc(NC(=O)c4ccccn4)c3n2)cc1. The quantitative estimate of drug-likeness (QED) is 0.510. The highest BCUT2D eigenvalue weighted by atomic mass is 32.2. The highest BCUT2D eigenvalue weighted by Gasteiger charge is 2.19. The molecule has 4 aromatic rings. The number of fused-ring (bicyclic) bond motifs is 1. The van der Waals surface area contributed by atoms with Crippen LogP contribution in [-0.2, 0) is 9.84 Å². The standard InChI is InChI=1S/C21H19N5O3S/c1-13(2)30(28,29)15-8-6-14(7-9-15)17-11-23-20-19(25-17)18(12-24-20)26-21(27)16-5-3-4-10-22-16/h3-13H,1-2H3,(H,23,24)(H,26,27). The average molecular weight is 421 g/mol.